The number of nitrogens with zero attached hydrogens (tertiary/aromatic N) is 1. The molecule has 2 N–H and O–H groups in total. The quantitative estimate of drug-likeness (QED) is 0.727. The number of carbonyl (C=O) groups is 1. The minimum atomic E-state index is -0.177. The van der Waals surface area contributed by atoms with Crippen LogP contribution in [0.3, 0.4) is 0 Å². The number of para-hydroxylation sites is 1. The first-order valence-electron chi connectivity index (χ1n) is 7.17. The maximum Gasteiger partial charge on any atom is 0.268 e. The van der Waals surface area contributed by atoms with E-state index in [0.717, 1.165) is 10.9 Å². The highest BCUT2D eigenvalue weighted by Gasteiger charge is 2.07. The van der Waals surface area contributed by atoms with Crippen LogP contribution in [-0.2, 0) is 0 Å². The maximum atomic E-state index is 12.0. The third-order valence-corrected chi connectivity index (χ3v) is 3.18. The second-order valence-electron chi connectivity index (χ2n) is 4.78. The first kappa shape index (κ1) is 14.7. The highest BCUT2D eigenvalue weighted by molar-refractivity contribution is 5.98. The molecule has 23 heavy (non-hydrogen) atoms. The van der Waals surface area contributed by atoms with E-state index < -0.39 is 0 Å². The zero-order valence-electron chi connectivity index (χ0n) is 12.4. The number of aromatic nitrogens is 2. The van der Waals surface area contributed by atoms with E-state index in [1.807, 2.05) is 36.4 Å². The molecule has 0 bridgehead atoms. The van der Waals surface area contributed by atoms with Crippen LogP contribution in [0.2, 0.25) is 0 Å². The Morgan fingerprint density at radius 2 is 2.13 bits per heavy atom. The van der Waals surface area contributed by atoms with Crippen LogP contribution in [0, 0.1) is 11.8 Å². The van der Waals surface area contributed by atoms with Crippen LogP contribution in [0.1, 0.15) is 10.5 Å². The van der Waals surface area contributed by atoms with E-state index in [2.05, 4.69) is 27.1 Å². The van der Waals surface area contributed by atoms with Gasteiger partial charge in [0.2, 0.25) is 0 Å². The van der Waals surface area contributed by atoms with Crippen molar-refractivity contribution in [2.45, 2.75) is 0 Å². The van der Waals surface area contributed by atoms with Gasteiger partial charge in [0.15, 0.2) is 0 Å². The lowest BCUT2D eigenvalue weighted by Gasteiger charge is -1.99. The van der Waals surface area contributed by atoms with Gasteiger partial charge in [0.25, 0.3) is 5.91 Å². The van der Waals surface area contributed by atoms with E-state index in [0.29, 0.717) is 11.4 Å². The zero-order chi connectivity index (χ0) is 15.9. The van der Waals surface area contributed by atoms with Crippen LogP contribution in [0.15, 0.2) is 54.9 Å². The second kappa shape index (κ2) is 7.14. The van der Waals surface area contributed by atoms with Crippen LogP contribution < -0.4 is 10.1 Å². The number of carbonyl (C=O) groups excluding carboxylic acids is 1. The van der Waals surface area contributed by atoms with Crippen molar-refractivity contribution in [1.29, 1.82) is 0 Å². The second-order valence-corrected chi connectivity index (χ2v) is 4.78. The van der Waals surface area contributed by atoms with Gasteiger partial charge in [0, 0.05) is 17.1 Å². The number of pyridine rings is 1. The lowest BCUT2D eigenvalue weighted by atomic mass is 10.2. The monoisotopic (exact) mass is 305 g/mol. The van der Waals surface area contributed by atoms with Crippen LogP contribution in [0.4, 0.5) is 0 Å². The van der Waals surface area contributed by atoms with Crippen molar-refractivity contribution < 1.29 is 9.53 Å². The lowest BCUT2D eigenvalue weighted by Crippen LogP contribution is -2.23. The molecule has 1 amide bonds. The Kier molecular flexibility index (Phi) is 4.55. The number of hydrogen-bond donors (Lipinski definition) is 2. The molecule has 0 aliphatic carbocycles. The van der Waals surface area contributed by atoms with Gasteiger partial charge in [0.05, 0.1) is 12.7 Å². The molecule has 0 aliphatic rings. The van der Waals surface area contributed by atoms with Gasteiger partial charge in [-0.3, -0.25) is 9.78 Å². The topological polar surface area (TPSA) is 67.0 Å². The fraction of sp³-hybridized carbons (Fsp3) is 0.111. The fourth-order valence-electron chi connectivity index (χ4n) is 2.08. The number of nitrogens with one attached hydrogen (secondary N) is 2. The van der Waals surface area contributed by atoms with Crippen molar-refractivity contribution in [2.24, 2.45) is 0 Å². The van der Waals surface area contributed by atoms with Gasteiger partial charge in [-0.2, -0.15) is 0 Å². The summed E-state index contributed by atoms with van der Waals surface area (Å²) in [6.45, 7) is 0.526. The molecule has 0 fully saturated rings. The molecular weight excluding hydrogens is 290 g/mol. The molecular formula is C18H15N3O2. The summed E-state index contributed by atoms with van der Waals surface area (Å²) in [5.41, 5.74) is 1.47. The number of hydrogen-bond acceptors (Lipinski definition) is 3. The lowest BCUT2D eigenvalue weighted by molar-refractivity contribution is 0.0954. The van der Waals surface area contributed by atoms with Crippen molar-refractivity contribution >= 4 is 16.8 Å². The summed E-state index contributed by atoms with van der Waals surface area (Å²) >= 11 is 0. The zero-order valence-corrected chi connectivity index (χ0v) is 12.4. The molecule has 2 heterocycles. The smallest absolute Gasteiger partial charge is 0.268 e. The number of rotatable bonds is 4. The Balaban J connectivity index is 1.47. The molecule has 0 radical (unpaired) electrons. The van der Waals surface area contributed by atoms with Crippen molar-refractivity contribution in [2.75, 3.05) is 13.2 Å². The SMILES string of the molecule is O=C(NCC#CCOc1cccnc1)c1cc2ccccc2[nH]1. The van der Waals surface area contributed by atoms with E-state index >= 15 is 0 Å². The Hall–Kier alpha value is -3.26. The summed E-state index contributed by atoms with van der Waals surface area (Å²) in [5.74, 6) is 6.18. The maximum absolute atomic E-state index is 12.0. The largest absolute Gasteiger partial charge is 0.479 e. The van der Waals surface area contributed by atoms with Gasteiger partial charge in [-0.1, -0.05) is 30.0 Å². The molecule has 3 rings (SSSR count). The number of ether oxygens (including phenoxy) is 1. The number of benzene rings is 1. The Morgan fingerprint density at radius 3 is 2.96 bits per heavy atom. The predicted molar refractivity (Wildman–Crippen MR) is 88.1 cm³/mol. The minimum Gasteiger partial charge on any atom is -0.479 e. The van der Waals surface area contributed by atoms with E-state index in [9.17, 15) is 4.79 Å². The van der Waals surface area contributed by atoms with Gasteiger partial charge in [-0.15, -0.1) is 0 Å². The molecule has 0 unspecified atom stereocenters. The summed E-state index contributed by atoms with van der Waals surface area (Å²) in [5, 5.41) is 3.75. The summed E-state index contributed by atoms with van der Waals surface area (Å²) in [7, 11) is 0. The number of aromatic amines is 1. The van der Waals surface area contributed by atoms with Gasteiger partial charge in [-0.25, -0.2) is 0 Å². The molecule has 1 aromatic carbocycles. The van der Waals surface area contributed by atoms with Crippen LogP contribution in [0.25, 0.3) is 10.9 Å². The first-order chi connectivity index (χ1) is 11.3. The molecule has 5 nitrogen and oxygen atoms in total. The summed E-state index contributed by atoms with van der Waals surface area (Å²) in [6, 6.07) is 13.2. The third kappa shape index (κ3) is 3.89. The minimum absolute atomic E-state index is 0.177. The van der Waals surface area contributed by atoms with Gasteiger partial charge >= 0.3 is 0 Å². The summed E-state index contributed by atoms with van der Waals surface area (Å²) in [6.07, 6.45) is 3.30. The molecule has 0 aliphatic heterocycles. The van der Waals surface area contributed by atoms with E-state index in [1.54, 1.807) is 18.5 Å². The Bertz CT molecular complexity index is 827. The van der Waals surface area contributed by atoms with Gasteiger partial charge in [-0.05, 0) is 24.3 Å². The standard InChI is InChI=1S/C18H15N3O2/c22-18(17-12-14-6-1-2-8-16(14)21-17)20-10-3-4-11-23-15-7-5-9-19-13-15/h1-2,5-9,12-13,21H,10-11H2,(H,20,22). The molecule has 0 atom stereocenters. The van der Waals surface area contributed by atoms with Crippen molar-refractivity contribution in [3.8, 4) is 17.6 Å². The molecule has 114 valence electrons. The van der Waals surface area contributed by atoms with E-state index in [1.165, 1.54) is 0 Å². The number of fused-ring (bicyclic) bond motifs is 1. The molecule has 5 heteroatoms. The predicted octanol–water partition coefficient (Wildman–Crippen LogP) is 2.38. The summed E-state index contributed by atoms with van der Waals surface area (Å²) < 4.78 is 5.38. The molecule has 3 aromatic rings. The van der Waals surface area contributed by atoms with E-state index in [4.69, 9.17) is 4.74 Å². The van der Waals surface area contributed by atoms with Crippen molar-refractivity contribution in [1.82, 2.24) is 15.3 Å². The molecule has 0 saturated carbocycles. The van der Waals surface area contributed by atoms with E-state index in [-0.39, 0.29) is 19.1 Å². The number of amides is 1. The fourth-order valence-corrected chi connectivity index (χ4v) is 2.08. The molecule has 2 aromatic heterocycles. The normalized spacial score (nSPS) is 9.91. The average Bonchev–Trinajstić information content (AvgIpc) is 3.03. The molecule has 0 spiro atoms. The highest BCUT2D eigenvalue weighted by atomic mass is 16.5. The first-order valence-corrected chi connectivity index (χ1v) is 7.17. The van der Waals surface area contributed by atoms with Crippen molar-refractivity contribution in [3.05, 3.63) is 60.6 Å². The third-order valence-electron chi connectivity index (χ3n) is 3.18. The van der Waals surface area contributed by atoms with Gasteiger partial charge in [0.1, 0.15) is 18.1 Å². The highest BCUT2D eigenvalue weighted by Crippen LogP contribution is 2.14. The Morgan fingerprint density at radius 1 is 1.22 bits per heavy atom. The van der Waals surface area contributed by atoms with Crippen molar-refractivity contribution in [3.63, 3.8) is 0 Å². The number of H-pyrrole nitrogens is 1. The Labute approximate surface area is 133 Å². The van der Waals surface area contributed by atoms with Gasteiger partial charge < -0.3 is 15.0 Å². The summed E-state index contributed by atoms with van der Waals surface area (Å²) in [4.78, 5) is 19.0. The van der Waals surface area contributed by atoms with Crippen LogP contribution in [0.5, 0.6) is 5.75 Å². The molecule has 0 saturated heterocycles. The van der Waals surface area contributed by atoms with Crippen LogP contribution >= 0.6 is 0 Å². The average molecular weight is 305 g/mol. The van der Waals surface area contributed by atoms with Crippen LogP contribution in [-0.4, -0.2) is 29.0 Å².